The van der Waals surface area contributed by atoms with Crippen molar-refractivity contribution < 1.29 is 14.3 Å². The van der Waals surface area contributed by atoms with Gasteiger partial charge in [-0.05, 0) is 26.2 Å². The average molecular weight is 272 g/mol. The van der Waals surface area contributed by atoms with Gasteiger partial charge in [0.2, 0.25) is 5.91 Å². The van der Waals surface area contributed by atoms with Crippen molar-refractivity contribution in [1.29, 1.82) is 0 Å². The third kappa shape index (κ3) is 5.89. The Bertz CT molecular complexity index is 253. The van der Waals surface area contributed by atoms with Crippen LogP contribution in [0.2, 0.25) is 0 Å². The predicted molar refractivity (Wildman–Crippen MR) is 75.1 cm³/mol. The van der Waals surface area contributed by atoms with E-state index in [1.165, 1.54) is 0 Å². The van der Waals surface area contributed by atoms with Gasteiger partial charge in [0.05, 0.1) is 12.5 Å². The van der Waals surface area contributed by atoms with Crippen molar-refractivity contribution in [3.8, 4) is 0 Å². The molecule has 0 aromatic carbocycles. The van der Waals surface area contributed by atoms with Crippen molar-refractivity contribution in [3.05, 3.63) is 0 Å². The maximum Gasteiger partial charge on any atom is 0.227 e. The molecule has 1 N–H and O–H groups in total. The van der Waals surface area contributed by atoms with Crippen molar-refractivity contribution in [2.24, 2.45) is 5.92 Å². The fraction of sp³-hybridized carbons (Fsp3) is 0.929. The van der Waals surface area contributed by atoms with E-state index in [2.05, 4.69) is 12.2 Å². The molecule has 0 aliphatic carbocycles. The summed E-state index contributed by atoms with van der Waals surface area (Å²) in [6.45, 7) is 5.68. The number of nitrogens with one attached hydrogen (secondary N) is 1. The lowest BCUT2D eigenvalue weighted by atomic mass is 9.94. The molecule has 1 aliphatic heterocycles. The van der Waals surface area contributed by atoms with Crippen molar-refractivity contribution >= 4 is 5.91 Å². The second kappa shape index (κ2) is 9.28. The molecule has 0 aromatic rings. The maximum absolute atomic E-state index is 12.5. The third-order valence-corrected chi connectivity index (χ3v) is 3.66. The Morgan fingerprint density at radius 3 is 2.53 bits per heavy atom. The highest BCUT2D eigenvalue weighted by molar-refractivity contribution is 5.79. The Hall–Kier alpha value is -0.650. The molecule has 1 rings (SSSR count). The topological polar surface area (TPSA) is 50.8 Å². The van der Waals surface area contributed by atoms with Crippen LogP contribution >= 0.6 is 0 Å². The molecule has 1 amide bonds. The molecule has 1 saturated heterocycles. The largest absolute Gasteiger partial charge is 0.385 e. The highest BCUT2D eigenvalue weighted by Crippen LogP contribution is 2.17. The molecule has 0 bridgehead atoms. The van der Waals surface area contributed by atoms with Crippen LogP contribution in [0.15, 0.2) is 0 Å². The molecule has 5 nitrogen and oxygen atoms in total. The first-order chi connectivity index (χ1) is 9.19. The minimum atomic E-state index is 0.121. The number of hydrogen-bond donors (Lipinski definition) is 1. The molecule has 1 fully saturated rings. The number of carbonyl (C=O) groups is 1. The molecule has 2 unspecified atom stereocenters. The summed E-state index contributed by atoms with van der Waals surface area (Å²) in [6.07, 6.45) is 2.94. The maximum atomic E-state index is 12.5. The van der Waals surface area contributed by atoms with Crippen molar-refractivity contribution in [2.45, 2.75) is 32.2 Å². The van der Waals surface area contributed by atoms with Crippen LogP contribution in [0.5, 0.6) is 0 Å². The number of hydrogen-bond acceptors (Lipinski definition) is 4. The fourth-order valence-corrected chi connectivity index (χ4v) is 2.40. The van der Waals surface area contributed by atoms with E-state index in [0.29, 0.717) is 25.8 Å². The normalized spacial score (nSPS) is 23.3. The zero-order valence-electron chi connectivity index (χ0n) is 12.5. The molecule has 0 aromatic heterocycles. The van der Waals surface area contributed by atoms with Crippen LogP contribution in [-0.2, 0) is 14.3 Å². The van der Waals surface area contributed by atoms with Gasteiger partial charge in [-0.25, -0.2) is 0 Å². The number of carbonyl (C=O) groups excluding carboxylic acids is 1. The molecular formula is C14H28N2O3. The smallest absolute Gasteiger partial charge is 0.227 e. The molecule has 2 atom stereocenters. The monoisotopic (exact) mass is 272 g/mol. The van der Waals surface area contributed by atoms with Crippen LogP contribution in [0.4, 0.5) is 0 Å². The van der Waals surface area contributed by atoms with Gasteiger partial charge in [0.25, 0.3) is 0 Å². The van der Waals surface area contributed by atoms with Gasteiger partial charge in [-0.15, -0.1) is 0 Å². The summed E-state index contributed by atoms with van der Waals surface area (Å²) in [5.74, 6) is 0.378. The number of rotatable bonds is 8. The first-order valence-corrected chi connectivity index (χ1v) is 7.19. The zero-order chi connectivity index (χ0) is 14.1. The number of piperidine rings is 1. The van der Waals surface area contributed by atoms with Gasteiger partial charge >= 0.3 is 0 Å². The Balaban J connectivity index is 2.44. The first kappa shape index (κ1) is 16.4. The third-order valence-electron chi connectivity index (χ3n) is 3.66. The first-order valence-electron chi connectivity index (χ1n) is 7.19. The van der Waals surface area contributed by atoms with E-state index in [0.717, 1.165) is 32.4 Å². The molecule has 0 spiro atoms. The summed E-state index contributed by atoms with van der Waals surface area (Å²) >= 11 is 0. The van der Waals surface area contributed by atoms with E-state index in [-0.39, 0.29) is 11.8 Å². The number of amides is 1. The van der Waals surface area contributed by atoms with Gasteiger partial charge in [0.15, 0.2) is 0 Å². The van der Waals surface area contributed by atoms with Gasteiger partial charge in [-0.2, -0.15) is 0 Å². The lowest BCUT2D eigenvalue weighted by molar-refractivity contribution is -0.137. The van der Waals surface area contributed by atoms with Gasteiger partial charge in [0, 0.05) is 46.5 Å². The molecule has 1 heterocycles. The van der Waals surface area contributed by atoms with Crippen LogP contribution in [0, 0.1) is 5.92 Å². The summed E-state index contributed by atoms with van der Waals surface area (Å²) < 4.78 is 10.1. The molecule has 19 heavy (non-hydrogen) atoms. The van der Waals surface area contributed by atoms with E-state index >= 15 is 0 Å². The van der Waals surface area contributed by atoms with Crippen LogP contribution < -0.4 is 5.32 Å². The fourth-order valence-electron chi connectivity index (χ4n) is 2.40. The molecule has 0 radical (unpaired) electrons. The lowest BCUT2D eigenvalue weighted by Gasteiger charge is -2.31. The number of methoxy groups -OCH3 is 2. The summed E-state index contributed by atoms with van der Waals surface area (Å²) in [6, 6.07) is 0.532. The second-order valence-corrected chi connectivity index (χ2v) is 5.25. The summed E-state index contributed by atoms with van der Waals surface area (Å²) in [5, 5.41) is 3.39. The van der Waals surface area contributed by atoms with E-state index in [4.69, 9.17) is 9.47 Å². The predicted octanol–water partition coefficient (Wildman–Crippen LogP) is 0.886. The van der Waals surface area contributed by atoms with Crippen LogP contribution in [0.25, 0.3) is 0 Å². The van der Waals surface area contributed by atoms with Crippen molar-refractivity contribution in [1.82, 2.24) is 10.2 Å². The van der Waals surface area contributed by atoms with Gasteiger partial charge in [-0.1, -0.05) is 0 Å². The van der Waals surface area contributed by atoms with E-state index in [1.807, 2.05) is 4.90 Å². The zero-order valence-corrected chi connectivity index (χ0v) is 12.5. The second-order valence-electron chi connectivity index (χ2n) is 5.25. The standard InChI is InChI=1S/C14H28N2O3/c1-12-5-6-13(11-15-12)14(17)16(8-10-19-3)7-4-9-18-2/h12-13,15H,4-11H2,1-3H3. The molecule has 112 valence electrons. The summed E-state index contributed by atoms with van der Waals surface area (Å²) in [7, 11) is 3.36. The van der Waals surface area contributed by atoms with Crippen LogP contribution in [0.1, 0.15) is 26.2 Å². The Labute approximate surface area is 116 Å². The SMILES string of the molecule is COCCCN(CCOC)C(=O)C1CCC(C)NC1. The summed E-state index contributed by atoms with van der Waals surface area (Å²) in [5.41, 5.74) is 0. The van der Waals surface area contributed by atoms with Crippen LogP contribution in [-0.4, -0.2) is 63.9 Å². The Kier molecular flexibility index (Phi) is 8.02. The van der Waals surface area contributed by atoms with Crippen molar-refractivity contribution in [2.75, 3.05) is 47.1 Å². The van der Waals surface area contributed by atoms with E-state index in [1.54, 1.807) is 14.2 Å². The van der Waals surface area contributed by atoms with Gasteiger partial charge in [-0.3, -0.25) is 4.79 Å². The highest BCUT2D eigenvalue weighted by atomic mass is 16.5. The molecule has 1 aliphatic rings. The highest BCUT2D eigenvalue weighted by Gasteiger charge is 2.27. The van der Waals surface area contributed by atoms with E-state index < -0.39 is 0 Å². The Morgan fingerprint density at radius 2 is 1.95 bits per heavy atom. The Morgan fingerprint density at radius 1 is 1.21 bits per heavy atom. The quantitative estimate of drug-likeness (QED) is 0.667. The lowest BCUT2D eigenvalue weighted by Crippen LogP contribution is -2.46. The molecular weight excluding hydrogens is 244 g/mol. The summed E-state index contributed by atoms with van der Waals surface area (Å²) in [4.78, 5) is 14.4. The van der Waals surface area contributed by atoms with E-state index in [9.17, 15) is 4.79 Å². The minimum absolute atomic E-state index is 0.121. The molecule has 0 saturated carbocycles. The van der Waals surface area contributed by atoms with Crippen LogP contribution in [0.3, 0.4) is 0 Å². The average Bonchev–Trinajstić information content (AvgIpc) is 2.43. The number of ether oxygens (including phenoxy) is 2. The van der Waals surface area contributed by atoms with Gasteiger partial charge in [0.1, 0.15) is 0 Å². The van der Waals surface area contributed by atoms with Crippen molar-refractivity contribution in [3.63, 3.8) is 0 Å². The minimum Gasteiger partial charge on any atom is -0.385 e. The van der Waals surface area contributed by atoms with Gasteiger partial charge < -0.3 is 19.7 Å². The molecule has 5 heteroatoms. The number of nitrogens with zero attached hydrogens (tertiary/aromatic N) is 1.